The van der Waals surface area contributed by atoms with Crippen LogP contribution in [0.5, 0.6) is 5.75 Å². The molecule has 1 saturated carbocycles. The first kappa shape index (κ1) is 15.4. The van der Waals surface area contributed by atoms with E-state index in [1.54, 1.807) is 7.11 Å². The predicted octanol–water partition coefficient (Wildman–Crippen LogP) is 1.47. The number of hydrogen-bond donors (Lipinski definition) is 2. The Bertz CT molecular complexity index is 499. The van der Waals surface area contributed by atoms with E-state index in [1.165, 1.54) is 0 Å². The van der Waals surface area contributed by atoms with Crippen molar-refractivity contribution < 1.29 is 14.3 Å². The monoisotopic (exact) mass is 290 g/mol. The van der Waals surface area contributed by atoms with Gasteiger partial charge in [0.05, 0.1) is 7.11 Å². The topological polar surface area (TPSA) is 67.4 Å². The highest BCUT2D eigenvalue weighted by molar-refractivity contribution is 5.82. The smallest absolute Gasteiger partial charge is 0.223 e. The maximum Gasteiger partial charge on any atom is 0.223 e. The van der Waals surface area contributed by atoms with Gasteiger partial charge in [0.15, 0.2) is 0 Å². The summed E-state index contributed by atoms with van der Waals surface area (Å²) in [5.74, 6) is 1.46. The molecule has 0 spiro atoms. The SMILES string of the molecule is COc1ccc(CNC(=O)CCNC(=O)[C@@H]2C[C@@H]2C)cc1. The van der Waals surface area contributed by atoms with Crippen LogP contribution in [0.4, 0.5) is 0 Å². The lowest BCUT2D eigenvalue weighted by Crippen LogP contribution is -2.31. The average molecular weight is 290 g/mol. The summed E-state index contributed by atoms with van der Waals surface area (Å²) in [5.41, 5.74) is 1.01. The fraction of sp³-hybridized carbons (Fsp3) is 0.500. The number of methoxy groups -OCH3 is 1. The van der Waals surface area contributed by atoms with Crippen LogP contribution in [0.15, 0.2) is 24.3 Å². The standard InChI is InChI=1S/C16H22N2O3/c1-11-9-14(11)16(20)17-8-7-15(19)18-10-12-3-5-13(21-2)6-4-12/h3-6,11,14H,7-10H2,1-2H3,(H,17,20)(H,18,19)/t11-,14+/m0/s1. The Hall–Kier alpha value is -2.04. The van der Waals surface area contributed by atoms with Crippen molar-refractivity contribution in [2.24, 2.45) is 11.8 Å². The molecule has 0 aliphatic heterocycles. The van der Waals surface area contributed by atoms with Gasteiger partial charge in [-0.25, -0.2) is 0 Å². The van der Waals surface area contributed by atoms with Crippen LogP contribution in [0.3, 0.4) is 0 Å². The number of ether oxygens (including phenoxy) is 1. The van der Waals surface area contributed by atoms with Crippen LogP contribution in [0, 0.1) is 11.8 Å². The summed E-state index contributed by atoms with van der Waals surface area (Å²) in [7, 11) is 1.62. The Kier molecular flexibility index (Phi) is 5.20. The quantitative estimate of drug-likeness (QED) is 0.799. The fourth-order valence-corrected chi connectivity index (χ4v) is 2.15. The van der Waals surface area contributed by atoms with Gasteiger partial charge in [-0.3, -0.25) is 9.59 Å². The Labute approximate surface area is 125 Å². The van der Waals surface area contributed by atoms with Crippen LogP contribution in [-0.2, 0) is 16.1 Å². The van der Waals surface area contributed by atoms with Crippen molar-refractivity contribution >= 4 is 11.8 Å². The van der Waals surface area contributed by atoms with Crippen LogP contribution in [0.1, 0.15) is 25.3 Å². The van der Waals surface area contributed by atoms with E-state index in [0.717, 1.165) is 17.7 Å². The molecule has 2 rings (SSSR count). The second-order valence-corrected chi connectivity index (χ2v) is 5.49. The molecular weight excluding hydrogens is 268 g/mol. The van der Waals surface area contributed by atoms with Crippen LogP contribution in [-0.4, -0.2) is 25.5 Å². The Balaban J connectivity index is 1.61. The van der Waals surface area contributed by atoms with Gasteiger partial charge in [-0.05, 0) is 30.0 Å². The summed E-state index contributed by atoms with van der Waals surface area (Å²) >= 11 is 0. The van der Waals surface area contributed by atoms with Crippen molar-refractivity contribution in [1.82, 2.24) is 10.6 Å². The van der Waals surface area contributed by atoms with Crippen molar-refractivity contribution in [1.29, 1.82) is 0 Å². The number of rotatable bonds is 7. The number of carbonyl (C=O) groups is 2. The van der Waals surface area contributed by atoms with Crippen LogP contribution in [0.2, 0.25) is 0 Å². The van der Waals surface area contributed by atoms with E-state index in [1.807, 2.05) is 24.3 Å². The molecule has 5 heteroatoms. The van der Waals surface area contributed by atoms with E-state index < -0.39 is 0 Å². The fourth-order valence-electron chi connectivity index (χ4n) is 2.15. The summed E-state index contributed by atoms with van der Waals surface area (Å²) in [4.78, 5) is 23.3. The van der Waals surface area contributed by atoms with E-state index in [0.29, 0.717) is 25.4 Å². The minimum Gasteiger partial charge on any atom is -0.497 e. The highest BCUT2D eigenvalue weighted by Crippen LogP contribution is 2.37. The van der Waals surface area contributed by atoms with Crippen LogP contribution in [0.25, 0.3) is 0 Å². The third-order valence-corrected chi connectivity index (χ3v) is 3.75. The zero-order valence-electron chi connectivity index (χ0n) is 12.5. The molecule has 1 aromatic rings. The largest absolute Gasteiger partial charge is 0.497 e. The van der Waals surface area contributed by atoms with Gasteiger partial charge < -0.3 is 15.4 Å². The molecule has 21 heavy (non-hydrogen) atoms. The second kappa shape index (κ2) is 7.11. The van der Waals surface area contributed by atoms with Gasteiger partial charge in [0.2, 0.25) is 11.8 Å². The molecule has 1 aromatic carbocycles. The molecule has 1 aliphatic rings. The van der Waals surface area contributed by atoms with E-state index in [2.05, 4.69) is 17.6 Å². The maximum atomic E-state index is 11.7. The van der Waals surface area contributed by atoms with E-state index >= 15 is 0 Å². The van der Waals surface area contributed by atoms with E-state index in [-0.39, 0.29) is 17.7 Å². The number of amides is 2. The van der Waals surface area contributed by atoms with Gasteiger partial charge in [-0.2, -0.15) is 0 Å². The molecule has 1 aliphatic carbocycles. The van der Waals surface area contributed by atoms with Gasteiger partial charge in [-0.15, -0.1) is 0 Å². The number of carbonyl (C=O) groups excluding carboxylic acids is 2. The second-order valence-electron chi connectivity index (χ2n) is 5.49. The van der Waals surface area contributed by atoms with Gasteiger partial charge in [0.25, 0.3) is 0 Å². The number of hydrogen-bond acceptors (Lipinski definition) is 3. The van der Waals surface area contributed by atoms with Crippen molar-refractivity contribution in [3.05, 3.63) is 29.8 Å². The van der Waals surface area contributed by atoms with Crippen LogP contribution < -0.4 is 15.4 Å². The Morgan fingerprint density at radius 1 is 1.24 bits per heavy atom. The first-order valence-electron chi connectivity index (χ1n) is 7.27. The van der Waals surface area contributed by atoms with Gasteiger partial charge in [-0.1, -0.05) is 19.1 Å². The summed E-state index contributed by atoms with van der Waals surface area (Å²) in [5, 5.41) is 5.64. The molecule has 0 unspecified atom stereocenters. The minimum atomic E-state index is -0.0602. The lowest BCUT2D eigenvalue weighted by molar-refractivity contribution is -0.123. The molecule has 0 aromatic heterocycles. The van der Waals surface area contributed by atoms with Crippen molar-refractivity contribution in [3.8, 4) is 5.75 Å². The Morgan fingerprint density at radius 2 is 1.90 bits per heavy atom. The van der Waals surface area contributed by atoms with E-state index in [9.17, 15) is 9.59 Å². The molecule has 0 saturated heterocycles. The summed E-state index contributed by atoms with van der Waals surface area (Å²) in [6.07, 6.45) is 1.28. The molecule has 0 radical (unpaired) electrons. The van der Waals surface area contributed by atoms with Gasteiger partial charge in [0, 0.05) is 25.4 Å². The molecule has 2 atom stereocenters. The predicted molar refractivity (Wildman–Crippen MR) is 79.7 cm³/mol. The normalized spacial score (nSPS) is 19.7. The highest BCUT2D eigenvalue weighted by Gasteiger charge is 2.38. The molecule has 0 bridgehead atoms. The molecule has 2 N–H and O–H groups in total. The molecule has 0 heterocycles. The third-order valence-electron chi connectivity index (χ3n) is 3.75. The average Bonchev–Trinajstić information content (AvgIpc) is 3.22. The molecule has 5 nitrogen and oxygen atoms in total. The summed E-state index contributed by atoms with van der Waals surface area (Å²) in [6.45, 7) is 2.94. The lowest BCUT2D eigenvalue weighted by Gasteiger charge is -2.07. The summed E-state index contributed by atoms with van der Waals surface area (Å²) < 4.78 is 5.07. The van der Waals surface area contributed by atoms with Crippen molar-refractivity contribution in [2.45, 2.75) is 26.3 Å². The Morgan fingerprint density at radius 3 is 2.48 bits per heavy atom. The molecule has 114 valence electrons. The molecule has 2 amide bonds. The maximum absolute atomic E-state index is 11.7. The van der Waals surface area contributed by atoms with Crippen LogP contribution >= 0.6 is 0 Å². The number of benzene rings is 1. The first-order chi connectivity index (χ1) is 10.1. The van der Waals surface area contributed by atoms with Crippen molar-refractivity contribution in [2.75, 3.05) is 13.7 Å². The van der Waals surface area contributed by atoms with Gasteiger partial charge >= 0.3 is 0 Å². The zero-order valence-corrected chi connectivity index (χ0v) is 12.5. The van der Waals surface area contributed by atoms with Crippen molar-refractivity contribution in [3.63, 3.8) is 0 Å². The van der Waals surface area contributed by atoms with Gasteiger partial charge in [0.1, 0.15) is 5.75 Å². The zero-order chi connectivity index (χ0) is 15.2. The number of nitrogens with one attached hydrogen (secondary N) is 2. The summed E-state index contributed by atoms with van der Waals surface area (Å²) in [6, 6.07) is 7.54. The minimum absolute atomic E-state index is 0.0602. The molecule has 1 fully saturated rings. The molecular formula is C16H22N2O3. The lowest BCUT2D eigenvalue weighted by atomic mass is 10.2. The first-order valence-corrected chi connectivity index (χ1v) is 7.27. The third kappa shape index (κ3) is 4.77. The van der Waals surface area contributed by atoms with E-state index in [4.69, 9.17) is 4.74 Å². The highest BCUT2D eigenvalue weighted by atomic mass is 16.5.